The monoisotopic (exact) mass is 907 g/mol. The van der Waals surface area contributed by atoms with Crippen LogP contribution < -0.4 is 33.3 Å². The maximum Gasteiger partial charge on any atom is 0.178 e. The average Bonchev–Trinajstić information content (AvgIpc) is 3.90. The van der Waals surface area contributed by atoms with Crippen LogP contribution in [0.1, 0.15) is 38.9 Å². The molecule has 8 nitrogen and oxygen atoms in total. The molecule has 69 heavy (non-hydrogen) atoms. The number of rotatable bonds is 9. The summed E-state index contributed by atoms with van der Waals surface area (Å²) in [5, 5.41) is 6.96. The quantitative estimate of drug-likeness (QED) is 0.133. The van der Waals surface area contributed by atoms with Crippen molar-refractivity contribution in [2.75, 3.05) is 66.8 Å². The highest BCUT2D eigenvalue weighted by atomic mass is 16.5. The van der Waals surface area contributed by atoms with Gasteiger partial charge in [0.1, 0.15) is 34.5 Å². The molecule has 0 saturated carbocycles. The summed E-state index contributed by atoms with van der Waals surface area (Å²) >= 11 is 0. The second-order valence-corrected chi connectivity index (χ2v) is 18.2. The van der Waals surface area contributed by atoms with E-state index in [1.807, 2.05) is 24.3 Å². The Balaban J connectivity index is 1.16. The molecule has 0 aromatic heterocycles. The van der Waals surface area contributed by atoms with Gasteiger partial charge in [0.15, 0.2) is 5.60 Å². The number of anilines is 1. The third-order valence-electron chi connectivity index (χ3n) is 15.2. The summed E-state index contributed by atoms with van der Waals surface area (Å²) in [7, 11) is 8.40. The minimum Gasteiger partial charge on any atom is -0.497 e. The summed E-state index contributed by atoms with van der Waals surface area (Å²) in [5.41, 5.74) is 11.3. The SMILES string of the molecule is COc1ccc(C2(c3ccc(N4CCOCC4)cc3)C=Cc3c4c(c5cc(-c6c(OC)cc(OC)cc6OC)c(OC)cc5c3O2)-c2ccccc2C42c3cccc4ccc5cccc2c5c34)cc1. The largest absolute Gasteiger partial charge is 0.497 e. The van der Waals surface area contributed by atoms with Gasteiger partial charge in [-0.15, -0.1) is 0 Å². The van der Waals surface area contributed by atoms with E-state index in [0.717, 1.165) is 74.4 Å². The average molecular weight is 908 g/mol. The maximum absolute atomic E-state index is 8.00. The standard InChI is InChI=1S/C61H49NO7/c1-63-41-24-20-39(21-25-41)60(38-18-22-40(23-19-38)62-28-30-68-31-29-62)27-26-44-58-56(45-34-47(51(65-3)35-46(45)59(44)69-60)57-52(66-4)32-42(64-2)33-53(57)67-5)43-12-6-7-13-48(43)61(58)49-14-8-10-36-16-17-37-11-9-15-50(61)55(37)54(36)49/h6-27,32-35H,28-31H2,1-5H3. The van der Waals surface area contributed by atoms with Gasteiger partial charge < -0.3 is 38.1 Å². The molecule has 4 aliphatic rings. The van der Waals surface area contributed by atoms with Crippen LogP contribution >= 0.6 is 0 Å². The predicted octanol–water partition coefficient (Wildman–Crippen LogP) is 12.7. The number of hydrogen-bond donors (Lipinski definition) is 0. The van der Waals surface area contributed by atoms with Crippen LogP contribution in [0.25, 0.3) is 60.6 Å². The van der Waals surface area contributed by atoms with Gasteiger partial charge in [-0.25, -0.2) is 0 Å². The molecule has 1 fully saturated rings. The third-order valence-corrected chi connectivity index (χ3v) is 15.2. The number of benzene rings is 9. The molecule has 0 bridgehead atoms. The third kappa shape index (κ3) is 5.66. The Labute approximate surface area is 400 Å². The van der Waals surface area contributed by atoms with E-state index in [2.05, 4.69) is 138 Å². The molecule has 1 saturated heterocycles. The number of hydrogen-bond acceptors (Lipinski definition) is 8. The van der Waals surface area contributed by atoms with Crippen LogP contribution in [0.3, 0.4) is 0 Å². The highest BCUT2D eigenvalue weighted by Crippen LogP contribution is 2.67. The lowest BCUT2D eigenvalue weighted by Crippen LogP contribution is -2.37. The molecule has 1 unspecified atom stereocenters. The summed E-state index contributed by atoms with van der Waals surface area (Å²) < 4.78 is 43.8. The minimum atomic E-state index is -1.05. The zero-order valence-electron chi connectivity index (χ0n) is 39.1. The molecular formula is C61H49NO7. The number of nitrogens with zero attached hydrogens (tertiary/aromatic N) is 1. The number of ether oxygens (including phenoxy) is 7. The van der Waals surface area contributed by atoms with Gasteiger partial charge in [-0.2, -0.15) is 0 Å². The first-order valence-electron chi connectivity index (χ1n) is 23.5. The van der Waals surface area contributed by atoms with Crippen molar-refractivity contribution in [3.63, 3.8) is 0 Å². The number of morpholine rings is 1. The van der Waals surface area contributed by atoms with Crippen molar-refractivity contribution in [3.05, 3.63) is 191 Å². The van der Waals surface area contributed by atoms with Gasteiger partial charge in [0.2, 0.25) is 0 Å². The van der Waals surface area contributed by atoms with Crippen LogP contribution in [0.15, 0.2) is 152 Å². The summed E-state index contributed by atoms with van der Waals surface area (Å²) in [6.45, 7) is 3.11. The topological polar surface area (TPSA) is 67.9 Å². The Morgan fingerprint density at radius 3 is 1.74 bits per heavy atom. The summed E-state index contributed by atoms with van der Waals surface area (Å²) in [4.78, 5) is 2.38. The van der Waals surface area contributed by atoms with Crippen LogP contribution in [0.4, 0.5) is 5.69 Å². The Morgan fingerprint density at radius 1 is 0.507 bits per heavy atom. The van der Waals surface area contributed by atoms with Crippen molar-refractivity contribution in [1.29, 1.82) is 0 Å². The maximum atomic E-state index is 8.00. The number of methoxy groups -OCH3 is 5. The van der Waals surface area contributed by atoms with E-state index < -0.39 is 11.0 Å². The van der Waals surface area contributed by atoms with Gasteiger partial charge in [-0.1, -0.05) is 103 Å². The molecule has 9 aromatic carbocycles. The zero-order chi connectivity index (χ0) is 46.6. The van der Waals surface area contributed by atoms with Gasteiger partial charge >= 0.3 is 0 Å². The Hall–Kier alpha value is -7.94. The van der Waals surface area contributed by atoms with Gasteiger partial charge in [-0.3, -0.25) is 0 Å². The summed E-state index contributed by atoms with van der Waals surface area (Å²) in [5.74, 6) is 3.98. The van der Waals surface area contributed by atoms with Gasteiger partial charge in [0.25, 0.3) is 0 Å². The second-order valence-electron chi connectivity index (χ2n) is 18.2. The first kappa shape index (κ1) is 41.3. The first-order valence-corrected chi connectivity index (χ1v) is 23.5. The summed E-state index contributed by atoms with van der Waals surface area (Å²) in [6.07, 6.45) is 4.61. The van der Waals surface area contributed by atoms with Gasteiger partial charge in [0.05, 0.1) is 59.7 Å². The fraction of sp³-hybridized carbons (Fsp3) is 0.180. The molecule has 0 radical (unpaired) electrons. The van der Waals surface area contributed by atoms with Crippen molar-refractivity contribution < 1.29 is 33.2 Å². The fourth-order valence-electron chi connectivity index (χ4n) is 12.2. The molecule has 0 amide bonds. The smallest absolute Gasteiger partial charge is 0.178 e. The van der Waals surface area contributed by atoms with Crippen molar-refractivity contribution in [2.45, 2.75) is 11.0 Å². The number of fused-ring (bicyclic) bond motifs is 12. The molecule has 1 atom stereocenters. The van der Waals surface area contributed by atoms with Crippen molar-refractivity contribution >= 4 is 44.1 Å². The molecule has 0 N–H and O–H groups in total. The Morgan fingerprint density at radius 2 is 1.12 bits per heavy atom. The van der Waals surface area contributed by atoms with Crippen LogP contribution in [0, 0.1) is 0 Å². The van der Waals surface area contributed by atoms with E-state index in [1.165, 1.54) is 49.4 Å². The van der Waals surface area contributed by atoms with Crippen molar-refractivity contribution in [1.82, 2.24) is 0 Å². The van der Waals surface area contributed by atoms with Crippen LogP contribution in [0.2, 0.25) is 0 Å². The highest BCUT2D eigenvalue weighted by molar-refractivity contribution is 6.20. The minimum absolute atomic E-state index is 0.596. The lowest BCUT2D eigenvalue weighted by Gasteiger charge is -2.40. The van der Waals surface area contributed by atoms with Crippen molar-refractivity contribution in [3.8, 4) is 56.8 Å². The molecular weight excluding hydrogens is 859 g/mol. The highest BCUT2D eigenvalue weighted by Gasteiger charge is 2.54. The van der Waals surface area contributed by atoms with Gasteiger partial charge in [-0.05, 0) is 103 Å². The molecule has 1 spiro atoms. The Bertz CT molecular complexity index is 3520. The molecule has 340 valence electrons. The van der Waals surface area contributed by atoms with Crippen LogP contribution in [-0.2, 0) is 15.8 Å². The molecule has 2 aliphatic heterocycles. The van der Waals surface area contributed by atoms with Crippen LogP contribution in [-0.4, -0.2) is 61.9 Å². The second kappa shape index (κ2) is 15.6. The van der Waals surface area contributed by atoms with Crippen molar-refractivity contribution in [2.24, 2.45) is 0 Å². The van der Waals surface area contributed by atoms with Gasteiger partial charge in [0, 0.05) is 58.5 Å². The van der Waals surface area contributed by atoms with E-state index in [9.17, 15) is 0 Å². The Kier molecular flexibility index (Phi) is 9.30. The summed E-state index contributed by atoms with van der Waals surface area (Å²) in [6, 6.07) is 52.5. The normalized spacial score (nSPS) is 17.0. The molecule has 2 heterocycles. The zero-order valence-corrected chi connectivity index (χ0v) is 39.1. The van der Waals surface area contributed by atoms with E-state index in [-0.39, 0.29) is 0 Å². The first-order chi connectivity index (χ1) is 33.9. The van der Waals surface area contributed by atoms with E-state index >= 15 is 0 Å². The molecule has 8 heteroatoms. The molecule has 13 rings (SSSR count). The van der Waals surface area contributed by atoms with E-state index in [0.29, 0.717) is 36.2 Å². The lowest BCUT2D eigenvalue weighted by molar-refractivity contribution is 0.122. The van der Waals surface area contributed by atoms with E-state index in [4.69, 9.17) is 33.2 Å². The lowest BCUT2D eigenvalue weighted by atomic mass is 9.68. The van der Waals surface area contributed by atoms with E-state index in [1.54, 1.807) is 35.5 Å². The molecule has 9 aromatic rings. The fourth-order valence-corrected chi connectivity index (χ4v) is 12.2. The predicted molar refractivity (Wildman–Crippen MR) is 274 cm³/mol. The van der Waals surface area contributed by atoms with Crippen LogP contribution in [0.5, 0.6) is 34.5 Å². The molecule has 2 aliphatic carbocycles.